The molecule has 4 radical (unpaired) electrons. The van der Waals surface area contributed by atoms with Crippen molar-refractivity contribution in [2.45, 2.75) is 67.5 Å². The van der Waals surface area contributed by atoms with E-state index in [0.717, 1.165) is 6.67 Å². The van der Waals surface area contributed by atoms with Crippen LogP contribution in [0.1, 0.15) is 55.4 Å². The fourth-order valence-corrected chi connectivity index (χ4v) is 2.39. The molecular formula is C19H30B2F8N6Pd. The molecule has 2 aliphatic rings. The van der Waals surface area contributed by atoms with Crippen LogP contribution in [0.2, 0.25) is 0 Å². The number of rotatable bonds is 4. The van der Waals surface area contributed by atoms with E-state index in [-0.39, 0.29) is 20.4 Å². The average Bonchev–Trinajstić information content (AvgIpc) is 3.17. The Bertz CT molecular complexity index is 661. The summed E-state index contributed by atoms with van der Waals surface area (Å²) in [5.41, 5.74) is 0. The van der Waals surface area contributed by atoms with E-state index in [1.807, 2.05) is 12.4 Å². The normalized spacial score (nSPS) is 15.3. The van der Waals surface area contributed by atoms with Crippen molar-refractivity contribution in [1.82, 2.24) is 9.80 Å². The summed E-state index contributed by atoms with van der Waals surface area (Å²) in [7, 11) is -12.0. The molecule has 2 aliphatic heterocycles. The van der Waals surface area contributed by atoms with Crippen LogP contribution >= 0.6 is 0 Å². The molecule has 0 atom stereocenters. The van der Waals surface area contributed by atoms with Crippen LogP contribution in [0.5, 0.6) is 0 Å². The van der Waals surface area contributed by atoms with Crippen molar-refractivity contribution >= 4 is 26.9 Å². The summed E-state index contributed by atoms with van der Waals surface area (Å²) in [6, 6.07) is 4.43. The number of hydrogen-bond acceptors (Lipinski definition) is 4. The van der Waals surface area contributed by atoms with Gasteiger partial charge >= 0.3 is 34.9 Å². The van der Waals surface area contributed by atoms with E-state index in [2.05, 4.69) is 73.6 Å². The molecule has 0 aliphatic carbocycles. The first kappa shape index (κ1) is 41.3. The zero-order chi connectivity index (χ0) is 28.6. The van der Waals surface area contributed by atoms with Crippen molar-refractivity contribution < 1.29 is 64.1 Å². The van der Waals surface area contributed by atoms with Gasteiger partial charge in [-0.25, -0.2) is 0 Å². The van der Waals surface area contributed by atoms with Gasteiger partial charge in [-0.15, -0.1) is 0 Å². The molecule has 0 aromatic rings. The largest absolute Gasteiger partial charge is 2.00 e. The smallest absolute Gasteiger partial charge is 0.418 e. The van der Waals surface area contributed by atoms with Gasteiger partial charge in [0.05, 0.1) is 24.5 Å². The molecular weight excluding hydrogens is 592 g/mol. The molecule has 0 fully saturated rings. The number of hydrogen-bond donors (Lipinski definition) is 0. The van der Waals surface area contributed by atoms with Crippen molar-refractivity contribution in [1.29, 1.82) is 10.5 Å². The number of nitriles is 2. The van der Waals surface area contributed by atoms with Gasteiger partial charge in [-0.05, 0) is 41.5 Å². The Balaban J connectivity index is -0.000000249. The minimum Gasteiger partial charge on any atom is -0.418 e. The maximum atomic E-state index is 9.75. The number of nitrogens with zero attached hydrogens (tertiary/aromatic N) is 6. The van der Waals surface area contributed by atoms with Gasteiger partial charge in [0.15, 0.2) is 0 Å². The summed E-state index contributed by atoms with van der Waals surface area (Å²) in [5, 5.41) is 14.6. The quantitative estimate of drug-likeness (QED) is 0.185. The zero-order valence-corrected chi connectivity index (χ0v) is 22.7. The predicted molar refractivity (Wildman–Crippen MR) is 119 cm³/mol. The first-order chi connectivity index (χ1) is 15.7. The summed E-state index contributed by atoms with van der Waals surface area (Å²) < 4.78 is 82.5. The molecule has 0 unspecified atom stereocenters. The summed E-state index contributed by atoms with van der Waals surface area (Å²) in [5.74, 6) is 0. The summed E-state index contributed by atoms with van der Waals surface area (Å²) in [6.45, 7) is 23.2. The van der Waals surface area contributed by atoms with Crippen LogP contribution in [0.4, 0.5) is 34.5 Å². The second-order valence-corrected chi connectivity index (χ2v) is 7.05. The van der Waals surface area contributed by atoms with Crippen LogP contribution in [0.3, 0.4) is 0 Å². The van der Waals surface area contributed by atoms with Crippen LogP contribution in [-0.2, 0) is 20.4 Å². The Morgan fingerprint density at radius 2 is 0.944 bits per heavy atom. The minimum absolute atomic E-state index is 0. The summed E-state index contributed by atoms with van der Waals surface area (Å²) in [4.78, 5) is 4.27. The molecule has 208 valence electrons. The van der Waals surface area contributed by atoms with Gasteiger partial charge in [-0.3, -0.25) is 9.80 Å². The Hall–Kier alpha value is -1.79. The molecule has 2 heterocycles. The topological polar surface area (TPSA) is 60.1 Å². The molecule has 0 amide bonds. The molecule has 6 nitrogen and oxygen atoms in total. The molecule has 0 bridgehead atoms. The monoisotopic (exact) mass is 622 g/mol. The molecule has 0 spiro atoms. The zero-order valence-electron chi connectivity index (χ0n) is 21.2. The first-order valence-electron chi connectivity index (χ1n) is 10.1. The van der Waals surface area contributed by atoms with Crippen LogP contribution in [0, 0.1) is 48.1 Å². The van der Waals surface area contributed by atoms with Crippen molar-refractivity contribution in [2.75, 3.05) is 6.67 Å². The third kappa shape index (κ3) is 23.9. The molecule has 0 aromatic carbocycles. The van der Waals surface area contributed by atoms with Crippen LogP contribution in [0.15, 0.2) is 0 Å². The SMILES string of the molecule is CC#N.CC#N.C[C-]1N(CN2[C]C=[N+](C(C)C)[C-]2C)[C]C=[N+]1C(C)C.F[B-](F)(F)F.F[B-](F)(F)F.[Pd+2]. The first-order valence-corrected chi connectivity index (χ1v) is 10.1. The molecule has 0 N–H and O–H groups in total. The predicted octanol–water partition coefficient (Wildman–Crippen LogP) is 5.31. The maximum absolute atomic E-state index is 9.75. The van der Waals surface area contributed by atoms with E-state index in [9.17, 15) is 34.5 Å². The van der Waals surface area contributed by atoms with Gasteiger partial charge in [0.1, 0.15) is 12.1 Å². The molecule has 0 saturated carbocycles. The second-order valence-electron chi connectivity index (χ2n) is 7.05. The average molecular weight is 623 g/mol. The number of halogens is 8. The van der Waals surface area contributed by atoms with Gasteiger partial charge in [0, 0.05) is 46.0 Å². The van der Waals surface area contributed by atoms with E-state index < -0.39 is 14.5 Å². The van der Waals surface area contributed by atoms with Gasteiger partial charge in [-0.2, -0.15) is 10.5 Å². The van der Waals surface area contributed by atoms with Gasteiger partial charge < -0.3 is 43.7 Å². The van der Waals surface area contributed by atoms with Crippen LogP contribution in [-0.4, -0.2) is 64.6 Å². The van der Waals surface area contributed by atoms with Gasteiger partial charge in [-0.1, -0.05) is 0 Å². The van der Waals surface area contributed by atoms with E-state index in [1.165, 1.54) is 26.2 Å². The van der Waals surface area contributed by atoms with Crippen molar-refractivity contribution in [3.05, 3.63) is 25.4 Å². The van der Waals surface area contributed by atoms with E-state index in [1.54, 1.807) is 12.1 Å². The third-order valence-corrected chi connectivity index (χ3v) is 3.63. The van der Waals surface area contributed by atoms with Crippen molar-refractivity contribution in [3.63, 3.8) is 0 Å². The van der Waals surface area contributed by atoms with Crippen LogP contribution < -0.4 is 0 Å². The van der Waals surface area contributed by atoms with E-state index in [4.69, 9.17) is 10.5 Å². The summed E-state index contributed by atoms with van der Waals surface area (Å²) in [6.07, 6.45) is 6.48. The van der Waals surface area contributed by atoms with Crippen molar-refractivity contribution in [3.8, 4) is 12.1 Å². The van der Waals surface area contributed by atoms with Gasteiger partial charge in [0.2, 0.25) is 0 Å². The molecule has 17 heteroatoms. The fourth-order valence-electron chi connectivity index (χ4n) is 2.39. The molecule has 0 aromatic heterocycles. The van der Waals surface area contributed by atoms with E-state index in [0.29, 0.717) is 12.1 Å². The standard InChI is InChI=1S/C15H24N4.2C2H3N.2BF4.Pd/c1-12(2)18-9-7-16(14(18)5)11-17-8-10-19(13(3)4)15(17)6;2*1-2-3;2*2-1(3,4)5;/h9-10,12-13H,11H2,1-6H3;2*1H3;;;/q;;;2*-1;+2. The Morgan fingerprint density at radius 3 is 1.08 bits per heavy atom. The van der Waals surface area contributed by atoms with E-state index >= 15 is 0 Å². The minimum atomic E-state index is -6.00. The Kier molecular flexibility index (Phi) is 23.3. The van der Waals surface area contributed by atoms with Crippen molar-refractivity contribution in [2.24, 2.45) is 0 Å². The fraction of sp³-hybridized carbons (Fsp3) is 0.579. The Labute approximate surface area is 223 Å². The second kappa shape index (κ2) is 20.3. The molecule has 36 heavy (non-hydrogen) atoms. The molecule has 0 saturated heterocycles. The van der Waals surface area contributed by atoms with Crippen LogP contribution in [0.25, 0.3) is 0 Å². The Morgan fingerprint density at radius 1 is 0.750 bits per heavy atom. The summed E-state index contributed by atoms with van der Waals surface area (Å²) >= 11 is 0. The molecule has 2 rings (SSSR count). The maximum Gasteiger partial charge on any atom is 2.00 e. The third-order valence-electron chi connectivity index (χ3n) is 3.63. The van der Waals surface area contributed by atoms with Gasteiger partial charge in [0.25, 0.3) is 0 Å².